The zero-order valence-corrected chi connectivity index (χ0v) is 10.6. The molecule has 3 heteroatoms. The van der Waals surface area contributed by atoms with Gasteiger partial charge in [-0.3, -0.25) is 0 Å². The van der Waals surface area contributed by atoms with Gasteiger partial charge in [0.15, 0.2) is 0 Å². The number of nitrogens with zero attached hydrogens (tertiary/aromatic N) is 1. The topological polar surface area (TPSA) is 24.5 Å². The fourth-order valence-electron chi connectivity index (χ4n) is 2.28. The van der Waals surface area contributed by atoms with Crippen molar-refractivity contribution in [3.05, 3.63) is 0 Å². The molecule has 1 aliphatic rings. The fraction of sp³-hybridized carbons (Fsp3) is 1.00. The second-order valence-corrected chi connectivity index (χ2v) is 4.54. The molecule has 0 radical (unpaired) electrons. The molecule has 0 aromatic carbocycles. The minimum absolute atomic E-state index is 0.545. The van der Waals surface area contributed by atoms with E-state index in [2.05, 4.69) is 31.0 Å². The maximum absolute atomic E-state index is 5.53. The molecule has 0 aromatic rings. The molecular formula is C12H26N2O. The van der Waals surface area contributed by atoms with Crippen LogP contribution in [0.2, 0.25) is 0 Å². The minimum Gasteiger partial charge on any atom is -0.379 e. The van der Waals surface area contributed by atoms with Gasteiger partial charge in [-0.05, 0) is 26.9 Å². The van der Waals surface area contributed by atoms with Gasteiger partial charge < -0.3 is 15.0 Å². The molecule has 3 atom stereocenters. The van der Waals surface area contributed by atoms with Gasteiger partial charge in [-0.25, -0.2) is 0 Å². The molecule has 0 aliphatic carbocycles. The first-order valence-corrected chi connectivity index (χ1v) is 6.21. The van der Waals surface area contributed by atoms with E-state index in [1.807, 2.05) is 7.05 Å². The first kappa shape index (κ1) is 12.9. The van der Waals surface area contributed by atoms with E-state index in [1.165, 1.54) is 6.42 Å². The van der Waals surface area contributed by atoms with E-state index < -0.39 is 0 Å². The molecule has 1 fully saturated rings. The van der Waals surface area contributed by atoms with Crippen LogP contribution in [0, 0.1) is 5.92 Å². The number of hydrogen-bond donors (Lipinski definition) is 1. The fourth-order valence-corrected chi connectivity index (χ4v) is 2.28. The van der Waals surface area contributed by atoms with Crippen LogP contribution in [0.25, 0.3) is 0 Å². The molecule has 0 spiro atoms. The smallest absolute Gasteiger partial charge is 0.0623 e. The summed E-state index contributed by atoms with van der Waals surface area (Å²) in [5.74, 6) is 0.656. The Morgan fingerprint density at radius 3 is 2.67 bits per heavy atom. The van der Waals surface area contributed by atoms with E-state index in [0.29, 0.717) is 18.0 Å². The Bertz CT molecular complexity index is 175. The van der Waals surface area contributed by atoms with Crippen LogP contribution in [0.3, 0.4) is 0 Å². The highest BCUT2D eigenvalue weighted by atomic mass is 16.5. The zero-order chi connectivity index (χ0) is 11.3. The van der Waals surface area contributed by atoms with Crippen molar-refractivity contribution < 1.29 is 4.74 Å². The summed E-state index contributed by atoms with van der Waals surface area (Å²) in [6.07, 6.45) is 1.23. The standard InChI is InChI=1S/C12H26N2O/c1-5-10(3)14(6-2)7-11-8-15-9-12(11)13-4/h10-13H,5-9H2,1-4H3. The third-order valence-corrected chi connectivity index (χ3v) is 3.66. The zero-order valence-electron chi connectivity index (χ0n) is 10.6. The molecular weight excluding hydrogens is 188 g/mol. The lowest BCUT2D eigenvalue weighted by atomic mass is 10.0. The van der Waals surface area contributed by atoms with Crippen molar-refractivity contribution in [2.45, 2.75) is 39.3 Å². The lowest BCUT2D eigenvalue weighted by Crippen LogP contribution is -2.43. The Morgan fingerprint density at radius 2 is 2.13 bits per heavy atom. The molecule has 15 heavy (non-hydrogen) atoms. The molecule has 1 saturated heterocycles. The van der Waals surface area contributed by atoms with Gasteiger partial charge in [0.2, 0.25) is 0 Å². The van der Waals surface area contributed by atoms with Gasteiger partial charge in [-0.15, -0.1) is 0 Å². The summed E-state index contributed by atoms with van der Waals surface area (Å²) < 4.78 is 5.53. The summed E-state index contributed by atoms with van der Waals surface area (Å²) in [7, 11) is 2.03. The van der Waals surface area contributed by atoms with Gasteiger partial charge in [0, 0.05) is 24.5 Å². The molecule has 1 aliphatic heterocycles. The second kappa shape index (κ2) is 6.46. The van der Waals surface area contributed by atoms with Gasteiger partial charge in [0.1, 0.15) is 0 Å². The quantitative estimate of drug-likeness (QED) is 0.722. The van der Waals surface area contributed by atoms with Crippen LogP contribution in [0.1, 0.15) is 27.2 Å². The van der Waals surface area contributed by atoms with Crippen molar-refractivity contribution in [2.75, 3.05) is 33.4 Å². The maximum atomic E-state index is 5.53. The van der Waals surface area contributed by atoms with Gasteiger partial charge in [0.25, 0.3) is 0 Å². The lowest BCUT2D eigenvalue weighted by molar-refractivity contribution is 0.149. The van der Waals surface area contributed by atoms with Crippen LogP contribution >= 0.6 is 0 Å². The van der Waals surface area contributed by atoms with Crippen molar-refractivity contribution in [1.29, 1.82) is 0 Å². The Labute approximate surface area is 94.2 Å². The number of rotatable bonds is 6. The molecule has 3 nitrogen and oxygen atoms in total. The van der Waals surface area contributed by atoms with E-state index in [4.69, 9.17) is 4.74 Å². The third-order valence-electron chi connectivity index (χ3n) is 3.66. The lowest BCUT2D eigenvalue weighted by Gasteiger charge is -2.31. The predicted octanol–water partition coefficient (Wildman–Crippen LogP) is 1.34. The molecule has 1 rings (SSSR count). The SMILES string of the molecule is CCC(C)N(CC)CC1COCC1NC. The van der Waals surface area contributed by atoms with E-state index in [9.17, 15) is 0 Å². The largest absolute Gasteiger partial charge is 0.379 e. The Balaban J connectivity index is 2.43. The van der Waals surface area contributed by atoms with Crippen molar-refractivity contribution >= 4 is 0 Å². The highest BCUT2D eigenvalue weighted by molar-refractivity contribution is 4.83. The number of nitrogens with one attached hydrogen (secondary N) is 1. The maximum Gasteiger partial charge on any atom is 0.0623 e. The Hall–Kier alpha value is -0.120. The van der Waals surface area contributed by atoms with E-state index >= 15 is 0 Å². The molecule has 0 saturated carbocycles. The monoisotopic (exact) mass is 214 g/mol. The highest BCUT2D eigenvalue weighted by Crippen LogP contribution is 2.16. The van der Waals surface area contributed by atoms with E-state index in [1.54, 1.807) is 0 Å². The third kappa shape index (κ3) is 3.44. The summed E-state index contributed by atoms with van der Waals surface area (Å²) >= 11 is 0. The minimum atomic E-state index is 0.545. The van der Waals surface area contributed by atoms with E-state index in [-0.39, 0.29) is 0 Å². The summed E-state index contributed by atoms with van der Waals surface area (Å²) in [5, 5.41) is 3.35. The molecule has 0 bridgehead atoms. The first-order chi connectivity index (χ1) is 7.22. The van der Waals surface area contributed by atoms with Crippen molar-refractivity contribution in [3.63, 3.8) is 0 Å². The van der Waals surface area contributed by atoms with Crippen LogP contribution in [0.5, 0.6) is 0 Å². The van der Waals surface area contributed by atoms with Crippen molar-refractivity contribution in [1.82, 2.24) is 10.2 Å². The van der Waals surface area contributed by atoms with Gasteiger partial charge in [-0.1, -0.05) is 13.8 Å². The summed E-state index contributed by atoms with van der Waals surface area (Å²) in [6, 6.07) is 1.23. The number of likely N-dealkylation sites (N-methyl/N-ethyl adjacent to an activating group) is 1. The Kier molecular flexibility index (Phi) is 5.58. The first-order valence-electron chi connectivity index (χ1n) is 6.21. The number of ether oxygens (including phenoxy) is 1. The van der Waals surface area contributed by atoms with Gasteiger partial charge >= 0.3 is 0 Å². The molecule has 0 aromatic heterocycles. The predicted molar refractivity (Wildman–Crippen MR) is 64.2 cm³/mol. The molecule has 90 valence electrons. The summed E-state index contributed by atoms with van der Waals surface area (Å²) in [4.78, 5) is 2.56. The molecule has 1 heterocycles. The van der Waals surface area contributed by atoms with E-state index in [0.717, 1.165) is 26.3 Å². The van der Waals surface area contributed by atoms with Gasteiger partial charge in [0.05, 0.1) is 13.2 Å². The van der Waals surface area contributed by atoms with Crippen molar-refractivity contribution in [2.24, 2.45) is 5.92 Å². The average molecular weight is 214 g/mol. The van der Waals surface area contributed by atoms with Crippen LogP contribution in [-0.2, 0) is 4.74 Å². The molecule has 0 amide bonds. The average Bonchev–Trinajstić information content (AvgIpc) is 2.71. The van der Waals surface area contributed by atoms with Crippen molar-refractivity contribution in [3.8, 4) is 0 Å². The summed E-state index contributed by atoms with van der Waals surface area (Å²) in [6.45, 7) is 10.9. The van der Waals surface area contributed by atoms with Crippen LogP contribution in [-0.4, -0.2) is 50.3 Å². The molecule has 3 unspecified atom stereocenters. The van der Waals surface area contributed by atoms with Crippen LogP contribution in [0.4, 0.5) is 0 Å². The van der Waals surface area contributed by atoms with Gasteiger partial charge in [-0.2, -0.15) is 0 Å². The normalized spacial score (nSPS) is 28.6. The number of hydrogen-bond acceptors (Lipinski definition) is 3. The highest BCUT2D eigenvalue weighted by Gasteiger charge is 2.29. The summed E-state index contributed by atoms with van der Waals surface area (Å²) in [5.41, 5.74) is 0. The molecule has 1 N–H and O–H groups in total. The van der Waals surface area contributed by atoms with Crippen LogP contribution in [0.15, 0.2) is 0 Å². The van der Waals surface area contributed by atoms with Crippen LogP contribution < -0.4 is 5.32 Å². The Morgan fingerprint density at radius 1 is 1.40 bits per heavy atom. The second-order valence-electron chi connectivity index (χ2n) is 4.54.